The Hall–Kier alpha value is -1.60. The first-order chi connectivity index (χ1) is 12.1. The second kappa shape index (κ2) is 10.4. The molecule has 2 aromatic carbocycles. The monoisotopic (exact) mass is 338 g/mol. The highest BCUT2D eigenvalue weighted by Crippen LogP contribution is 2.22. The first-order valence-electron chi connectivity index (χ1n) is 9.77. The molecule has 2 rings (SSSR count). The lowest BCUT2D eigenvalue weighted by molar-refractivity contribution is 0.124. The predicted octanol–water partition coefficient (Wildman–Crippen LogP) is 6.79. The zero-order chi connectivity index (χ0) is 18.1. The van der Waals surface area contributed by atoms with E-state index in [1.165, 1.54) is 35.1 Å². The topological polar surface area (TPSA) is 9.23 Å². The molecular weight excluding hydrogens is 304 g/mol. The number of aryl methyl sites for hydroxylation is 2. The summed E-state index contributed by atoms with van der Waals surface area (Å²) in [5.74, 6) is 1.23. The van der Waals surface area contributed by atoms with Crippen molar-refractivity contribution >= 4 is 0 Å². The third-order valence-corrected chi connectivity index (χ3v) is 5.14. The summed E-state index contributed by atoms with van der Waals surface area (Å²) in [6.07, 6.45) is 4.68. The second-order valence-electron chi connectivity index (χ2n) is 7.52. The summed E-state index contributed by atoms with van der Waals surface area (Å²) in [5.41, 5.74) is 5.55. The Kier molecular flexibility index (Phi) is 8.21. The highest BCUT2D eigenvalue weighted by molar-refractivity contribution is 5.24. The molecule has 0 N–H and O–H groups in total. The van der Waals surface area contributed by atoms with Gasteiger partial charge in [0.15, 0.2) is 0 Å². The Morgan fingerprint density at radius 2 is 1.00 bits per heavy atom. The van der Waals surface area contributed by atoms with Gasteiger partial charge >= 0.3 is 0 Å². The fraction of sp³-hybridized carbons (Fsp3) is 0.500. The molecule has 0 heterocycles. The summed E-state index contributed by atoms with van der Waals surface area (Å²) >= 11 is 0. The molecule has 0 aliphatic rings. The molecule has 0 aliphatic carbocycles. The van der Waals surface area contributed by atoms with Gasteiger partial charge < -0.3 is 4.74 Å². The summed E-state index contributed by atoms with van der Waals surface area (Å²) in [4.78, 5) is 0. The SMILES string of the molecule is Cc1ccc(C(C)CCCOCCCC(C)c2ccc(C)cc2)cc1. The van der Waals surface area contributed by atoms with E-state index in [1.807, 2.05) is 0 Å². The maximum atomic E-state index is 5.84. The highest BCUT2D eigenvalue weighted by atomic mass is 16.5. The molecule has 2 unspecified atom stereocenters. The minimum absolute atomic E-state index is 0.616. The molecule has 2 atom stereocenters. The van der Waals surface area contributed by atoms with Crippen molar-refractivity contribution in [3.8, 4) is 0 Å². The fourth-order valence-electron chi connectivity index (χ4n) is 3.21. The fourth-order valence-corrected chi connectivity index (χ4v) is 3.21. The third-order valence-electron chi connectivity index (χ3n) is 5.14. The van der Waals surface area contributed by atoms with E-state index < -0.39 is 0 Å². The Morgan fingerprint density at radius 3 is 1.36 bits per heavy atom. The average molecular weight is 339 g/mol. The van der Waals surface area contributed by atoms with Gasteiger partial charge in [-0.1, -0.05) is 73.5 Å². The van der Waals surface area contributed by atoms with Crippen LogP contribution >= 0.6 is 0 Å². The Bertz CT molecular complexity index is 541. The molecule has 0 radical (unpaired) electrons. The first kappa shape index (κ1) is 19.7. The zero-order valence-corrected chi connectivity index (χ0v) is 16.4. The highest BCUT2D eigenvalue weighted by Gasteiger charge is 2.06. The maximum Gasteiger partial charge on any atom is 0.0466 e. The Morgan fingerprint density at radius 1 is 0.640 bits per heavy atom. The lowest BCUT2D eigenvalue weighted by Crippen LogP contribution is -2.02. The second-order valence-corrected chi connectivity index (χ2v) is 7.52. The van der Waals surface area contributed by atoms with Crippen molar-refractivity contribution in [2.24, 2.45) is 0 Å². The molecule has 0 aromatic heterocycles. The van der Waals surface area contributed by atoms with Gasteiger partial charge in [0.25, 0.3) is 0 Å². The van der Waals surface area contributed by atoms with Gasteiger partial charge in [-0.3, -0.25) is 0 Å². The van der Waals surface area contributed by atoms with Crippen molar-refractivity contribution in [3.63, 3.8) is 0 Å². The van der Waals surface area contributed by atoms with E-state index in [-0.39, 0.29) is 0 Å². The smallest absolute Gasteiger partial charge is 0.0466 e. The molecule has 136 valence electrons. The van der Waals surface area contributed by atoms with Crippen LogP contribution < -0.4 is 0 Å². The molecule has 0 bridgehead atoms. The largest absolute Gasteiger partial charge is 0.381 e. The van der Waals surface area contributed by atoms with Crippen molar-refractivity contribution in [2.75, 3.05) is 13.2 Å². The minimum Gasteiger partial charge on any atom is -0.381 e. The van der Waals surface area contributed by atoms with E-state index in [2.05, 4.69) is 76.2 Å². The molecular formula is C24H34O. The van der Waals surface area contributed by atoms with Crippen LogP contribution in [-0.4, -0.2) is 13.2 Å². The van der Waals surface area contributed by atoms with Gasteiger partial charge in [0.05, 0.1) is 0 Å². The molecule has 0 saturated heterocycles. The van der Waals surface area contributed by atoms with Crippen LogP contribution in [0.4, 0.5) is 0 Å². The standard InChI is InChI=1S/C24H34O/c1-19-9-13-23(14-10-19)21(3)7-5-17-25-18-6-8-22(4)24-15-11-20(2)12-16-24/h9-16,21-22H,5-8,17-18H2,1-4H3. The number of benzene rings is 2. The molecule has 0 fully saturated rings. The van der Waals surface area contributed by atoms with Crippen molar-refractivity contribution in [3.05, 3.63) is 70.8 Å². The van der Waals surface area contributed by atoms with E-state index in [9.17, 15) is 0 Å². The molecule has 1 nitrogen and oxygen atoms in total. The van der Waals surface area contributed by atoms with Gasteiger partial charge in [-0.2, -0.15) is 0 Å². The van der Waals surface area contributed by atoms with Gasteiger partial charge in [0, 0.05) is 13.2 Å². The number of hydrogen-bond acceptors (Lipinski definition) is 1. The first-order valence-corrected chi connectivity index (χ1v) is 9.77. The van der Waals surface area contributed by atoms with E-state index in [1.54, 1.807) is 0 Å². The quantitative estimate of drug-likeness (QED) is 0.433. The maximum absolute atomic E-state index is 5.84. The van der Waals surface area contributed by atoms with E-state index in [0.717, 1.165) is 26.1 Å². The van der Waals surface area contributed by atoms with Gasteiger partial charge in [-0.05, 0) is 62.5 Å². The molecule has 0 amide bonds. The van der Waals surface area contributed by atoms with E-state index in [4.69, 9.17) is 4.74 Å². The minimum atomic E-state index is 0.616. The van der Waals surface area contributed by atoms with Crippen molar-refractivity contribution in [1.82, 2.24) is 0 Å². The number of ether oxygens (including phenoxy) is 1. The van der Waals surface area contributed by atoms with Crippen molar-refractivity contribution in [2.45, 2.75) is 65.2 Å². The summed E-state index contributed by atoms with van der Waals surface area (Å²) in [6.45, 7) is 10.7. The van der Waals surface area contributed by atoms with Crippen LogP contribution in [-0.2, 0) is 4.74 Å². The van der Waals surface area contributed by atoms with Crippen LogP contribution in [0.2, 0.25) is 0 Å². The van der Waals surface area contributed by atoms with Crippen LogP contribution in [0.25, 0.3) is 0 Å². The van der Waals surface area contributed by atoms with Crippen LogP contribution in [0.15, 0.2) is 48.5 Å². The van der Waals surface area contributed by atoms with Crippen molar-refractivity contribution in [1.29, 1.82) is 0 Å². The zero-order valence-electron chi connectivity index (χ0n) is 16.4. The van der Waals surface area contributed by atoms with Crippen LogP contribution in [0, 0.1) is 13.8 Å². The average Bonchev–Trinajstić information content (AvgIpc) is 2.61. The summed E-state index contributed by atoms with van der Waals surface area (Å²) < 4.78 is 5.84. The summed E-state index contributed by atoms with van der Waals surface area (Å²) in [6, 6.07) is 17.9. The molecule has 0 aliphatic heterocycles. The predicted molar refractivity (Wildman–Crippen MR) is 108 cm³/mol. The molecule has 0 saturated carbocycles. The molecule has 0 spiro atoms. The summed E-state index contributed by atoms with van der Waals surface area (Å²) in [7, 11) is 0. The lowest BCUT2D eigenvalue weighted by Gasteiger charge is -2.13. The number of rotatable bonds is 10. The van der Waals surface area contributed by atoms with Gasteiger partial charge in [0.1, 0.15) is 0 Å². The summed E-state index contributed by atoms with van der Waals surface area (Å²) in [5, 5.41) is 0. The van der Waals surface area contributed by atoms with E-state index in [0.29, 0.717) is 11.8 Å². The van der Waals surface area contributed by atoms with E-state index >= 15 is 0 Å². The normalized spacial score (nSPS) is 13.6. The lowest BCUT2D eigenvalue weighted by atomic mass is 9.95. The van der Waals surface area contributed by atoms with Crippen LogP contribution in [0.3, 0.4) is 0 Å². The van der Waals surface area contributed by atoms with Gasteiger partial charge in [0.2, 0.25) is 0 Å². The molecule has 25 heavy (non-hydrogen) atoms. The Labute approximate surface area is 154 Å². The molecule has 1 heteroatoms. The third kappa shape index (κ3) is 7.04. The van der Waals surface area contributed by atoms with Gasteiger partial charge in [-0.15, -0.1) is 0 Å². The number of hydrogen-bond donors (Lipinski definition) is 0. The van der Waals surface area contributed by atoms with Crippen LogP contribution in [0.1, 0.15) is 73.6 Å². The van der Waals surface area contributed by atoms with Gasteiger partial charge in [-0.25, -0.2) is 0 Å². The molecule has 2 aromatic rings. The van der Waals surface area contributed by atoms with Crippen LogP contribution in [0.5, 0.6) is 0 Å². The van der Waals surface area contributed by atoms with Crippen molar-refractivity contribution < 1.29 is 4.74 Å². The Balaban J connectivity index is 1.54.